The number of hydrogen-bond acceptors (Lipinski definition) is 5. The number of piperazine rings is 1. The van der Waals surface area contributed by atoms with Crippen LogP contribution in [0.5, 0.6) is 0 Å². The van der Waals surface area contributed by atoms with Gasteiger partial charge in [0.05, 0.1) is 24.1 Å². The molecule has 2 aromatic rings. The van der Waals surface area contributed by atoms with Crippen molar-refractivity contribution in [2.75, 3.05) is 38.7 Å². The average Bonchev–Trinajstić information content (AvgIpc) is 3.13. The molecule has 2 amide bonds. The van der Waals surface area contributed by atoms with E-state index in [1.165, 1.54) is 4.90 Å². The van der Waals surface area contributed by atoms with Crippen molar-refractivity contribution in [1.82, 2.24) is 14.7 Å². The quantitative estimate of drug-likeness (QED) is 0.791. The van der Waals surface area contributed by atoms with Crippen LogP contribution >= 0.6 is 0 Å². The van der Waals surface area contributed by atoms with E-state index in [0.29, 0.717) is 19.6 Å². The maximum absolute atomic E-state index is 12.5. The first kappa shape index (κ1) is 17.4. The molecule has 0 unspecified atom stereocenters. The van der Waals surface area contributed by atoms with E-state index in [0.717, 1.165) is 16.7 Å². The molecule has 2 aliphatic rings. The SMILES string of the molecule is CN(C)C(=O)N1CCN(Cc2cc3ccccc3o2)[C@@H]2CS(=O)(=O)C[C@@H]21. The highest BCUT2D eigenvalue weighted by atomic mass is 32.2. The van der Waals surface area contributed by atoms with Gasteiger partial charge in [-0.25, -0.2) is 13.2 Å². The Hall–Kier alpha value is -2.06. The lowest BCUT2D eigenvalue weighted by Crippen LogP contribution is -2.61. The highest BCUT2D eigenvalue weighted by Crippen LogP contribution is 2.30. The lowest BCUT2D eigenvalue weighted by molar-refractivity contribution is 0.0486. The van der Waals surface area contributed by atoms with E-state index in [1.54, 1.807) is 19.0 Å². The summed E-state index contributed by atoms with van der Waals surface area (Å²) in [7, 11) is 0.237. The molecule has 1 aromatic heterocycles. The van der Waals surface area contributed by atoms with E-state index in [-0.39, 0.29) is 29.6 Å². The summed E-state index contributed by atoms with van der Waals surface area (Å²) < 4.78 is 30.4. The molecule has 4 rings (SSSR count). The van der Waals surface area contributed by atoms with Gasteiger partial charge in [0, 0.05) is 38.6 Å². The summed E-state index contributed by atoms with van der Waals surface area (Å²) in [5.74, 6) is 0.949. The van der Waals surface area contributed by atoms with Gasteiger partial charge in [0.1, 0.15) is 11.3 Å². The van der Waals surface area contributed by atoms with Gasteiger partial charge in [0.25, 0.3) is 0 Å². The van der Waals surface area contributed by atoms with Gasteiger partial charge in [-0.3, -0.25) is 4.90 Å². The summed E-state index contributed by atoms with van der Waals surface area (Å²) in [4.78, 5) is 17.8. The zero-order valence-electron chi connectivity index (χ0n) is 15.0. The Balaban J connectivity index is 1.59. The first-order chi connectivity index (χ1) is 12.3. The maximum atomic E-state index is 12.5. The van der Waals surface area contributed by atoms with Crippen LogP contribution < -0.4 is 0 Å². The Morgan fingerprint density at radius 2 is 1.92 bits per heavy atom. The fourth-order valence-corrected chi connectivity index (χ4v) is 6.04. The van der Waals surface area contributed by atoms with Crippen molar-refractivity contribution >= 4 is 26.8 Å². The molecule has 2 aliphatic heterocycles. The maximum Gasteiger partial charge on any atom is 0.319 e. The van der Waals surface area contributed by atoms with Crippen molar-refractivity contribution in [1.29, 1.82) is 0 Å². The molecule has 0 N–H and O–H groups in total. The zero-order valence-corrected chi connectivity index (χ0v) is 15.8. The summed E-state index contributed by atoms with van der Waals surface area (Å²) in [5, 5.41) is 1.04. The lowest BCUT2D eigenvalue weighted by Gasteiger charge is -2.44. The van der Waals surface area contributed by atoms with Crippen LogP contribution in [0.15, 0.2) is 34.7 Å². The van der Waals surface area contributed by atoms with Crippen molar-refractivity contribution in [3.05, 3.63) is 36.1 Å². The lowest BCUT2D eigenvalue weighted by atomic mass is 10.0. The number of amides is 2. The Kier molecular flexibility index (Phi) is 4.19. The molecule has 0 aliphatic carbocycles. The average molecular weight is 377 g/mol. The van der Waals surface area contributed by atoms with Crippen LogP contribution in [0.1, 0.15) is 5.76 Å². The summed E-state index contributed by atoms with van der Waals surface area (Å²) in [6.07, 6.45) is 0. The van der Waals surface area contributed by atoms with Crippen molar-refractivity contribution in [2.24, 2.45) is 0 Å². The summed E-state index contributed by atoms with van der Waals surface area (Å²) in [6, 6.07) is 9.21. The molecule has 8 heteroatoms. The minimum Gasteiger partial charge on any atom is -0.460 e. The third kappa shape index (κ3) is 3.07. The van der Waals surface area contributed by atoms with E-state index in [4.69, 9.17) is 4.42 Å². The number of nitrogens with zero attached hydrogens (tertiary/aromatic N) is 3. The van der Waals surface area contributed by atoms with Crippen LogP contribution in [0, 0.1) is 0 Å². The molecule has 0 radical (unpaired) electrons. The Morgan fingerprint density at radius 1 is 1.19 bits per heavy atom. The number of hydrogen-bond donors (Lipinski definition) is 0. The van der Waals surface area contributed by atoms with Crippen LogP contribution in [0.25, 0.3) is 11.0 Å². The smallest absolute Gasteiger partial charge is 0.319 e. The molecular weight excluding hydrogens is 354 g/mol. The molecule has 140 valence electrons. The number of benzene rings is 1. The molecule has 0 spiro atoms. The van der Waals surface area contributed by atoms with E-state index >= 15 is 0 Å². The molecular formula is C18H23N3O4S. The number of sulfone groups is 1. The first-order valence-corrected chi connectivity index (χ1v) is 10.6. The van der Waals surface area contributed by atoms with Gasteiger partial charge in [0.2, 0.25) is 0 Å². The van der Waals surface area contributed by atoms with Crippen molar-refractivity contribution in [3.63, 3.8) is 0 Å². The summed E-state index contributed by atoms with van der Waals surface area (Å²) in [6.45, 7) is 1.70. The first-order valence-electron chi connectivity index (χ1n) is 8.74. The second kappa shape index (κ2) is 6.28. The number of rotatable bonds is 2. The van der Waals surface area contributed by atoms with Crippen molar-refractivity contribution in [2.45, 2.75) is 18.6 Å². The number of fused-ring (bicyclic) bond motifs is 2. The van der Waals surface area contributed by atoms with Crippen molar-refractivity contribution < 1.29 is 17.6 Å². The molecule has 2 fully saturated rings. The minimum atomic E-state index is -3.16. The number of carbonyl (C=O) groups is 1. The van der Waals surface area contributed by atoms with E-state index < -0.39 is 9.84 Å². The number of carbonyl (C=O) groups excluding carboxylic acids is 1. The van der Waals surface area contributed by atoms with Crippen LogP contribution in [-0.2, 0) is 16.4 Å². The van der Waals surface area contributed by atoms with Crippen LogP contribution in [0.3, 0.4) is 0 Å². The van der Waals surface area contributed by atoms with Crippen LogP contribution in [0.4, 0.5) is 4.79 Å². The van der Waals surface area contributed by atoms with E-state index in [1.807, 2.05) is 30.3 Å². The normalized spacial score (nSPS) is 25.4. The Bertz CT molecular complexity index is 904. The monoisotopic (exact) mass is 377 g/mol. The van der Waals surface area contributed by atoms with Crippen molar-refractivity contribution in [3.8, 4) is 0 Å². The standard InChI is InChI=1S/C18H23N3O4S/c1-19(2)18(22)21-8-7-20(15-11-26(23,24)12-16(15)21)10-14-9-13-5-3-4-6-17(13)25-14/h3-6,9,15-16H,7-8,10-12H2,1-2H3/t15-,16+/m1/s1. The molecule has 3 heterocycles. The molecule has 2 atom stereocenters. The molecule has 26 heavy (non-hydrogen) atoms. The molecule has 2 saturated heterocycles. The van der Waals surface area contributed by atoms with Gasteiger partial charge in [-0.2, -0.15) is 0 Å². The predicted molar refractivity (Wildman–Crippen MR) is 98.6 cm³/mol. The minimum absolute atomic E-state index is 0.0356. The predicted octanol–water partition coefficient (Wildman–Crippen LogP) is 1.40. The molecule has 0 saturated carbocycles. The third-order valence-electron chi connectivity index (χ3n) is 5.25. The van der Waals surface area contributed by atoms with E-state index in [2.05, 4.69) is 4.90 Å². The number of furan rings is 1. The van der Waals surface area contributed by atoms with E-state index in [9.17, 15) is 13.2 Å². The molecule has 7 nitrogen and oxygen atoms in total. The van der Waals surface area contributed by atoms with Gasteiger partial charge in [-0.05, 0) is 12.1 Å². The number of para-hydroxylation sites is 1. The topological polar surface area (TPSA) is 74.1 Å². The molecule has 1 aromatic carbocycles. The van der Waals surface area contributed by atoms with Gasteiger partial charge < -0.3 is 14.2 Å². The summed E-state index contributed by atoms with van der Waals surface area (Å²) >= 11 is 0. The highest BCUT2D eigenvalue weighted by molar-refractivity contribution is 7.91. The highest BCUT2D eigenvalue weighted by Gasteiger charge is 2.48. The van der Waals surface area contributed by atoms with Gasteiger partial charge in [-0.15, -0.1) is 0 Å². The third-order valence-corrected chi connectivity index (χ3v) is 6.95. The number of urea groups is 1. The Labute approximate surface area is 153 Å². The second-order valence-electron chi connectivity index (χ2n) is 7.30. The van der Waals surface area contributed by atoms with Crippen LogP contribution in [-0.4, -0.2) is 79.9 Å². The van der Waals surface area contributed by atoms with Gasteiger partial charge in [-0.1, -0.05) is 18.2 Å². The van der Waals surface area contributed by atoms with Gasteiger partial charge in [0.15, 0.2) is 9.84 Å². The molecule has 0 bridgehead atoms. The fraction of sp³-hybridized carbons (Fsp3) is 0.500. The fourth-order valence-electron chi connectivity index (χ4n) is 4.03. The van der Waals surface area contributed by atoms with Gasteiger partial charge >= 0.3 is 6.03 Å². The zero-order chi connectivity index (χ0) is 18.5. The largest absolute Gasteiger partial charge is 0.460 e. The second-order valence-corrected chi connectivity index (χ2v) is 9.46. The van der Waals surface area contributed by atoms with Crippen LogP contribution in [0.2, 0.25) is 0 Å². The summed E-state index contributed by atoms with van der Waals surface area (Å²) in [5.41, 5.74) is 0.833. The Morgan fingerprint density at radius 3 is 2.65 bits per heavy atom.